The molecule has 1 aromatic carbocycles. The normalized spacial score (nSPS) is 11.9. The second kappa shape index (κ2) is 6.71. The Morgan fingerprint density at radius 3 is 2.61 bits per heavy atom. The Labute approximate surface area is 118 Å². The average Bonchev–Trinajstić information content (AvgIpc) is 2.32. The van der Waals surface area contributed by atoms with E-state index in [4.69, 9.17) is 29.6 Å². The fourth-order valence-corrected chi connectivity index (χ4v) is 2.19. The van der Waals surface area contributed by atoms with Gasteiger partial charge < -0.3 is 10.6 Å². The molecule has 0 radical (unpaired) electrons. The van der Waals surface area contributed by atoms with Gasteiger partial charge in [0.15, 0.2) is 0 Å². The lowest BCUT2D eigenvalue weighted by molar-refractivity contribution is -0.132. The Morgan fingerprint density at radius 2 is 2.11 bits per heavy atom. The molecule has 0 heterocycles. The average molecular weight is 285 g/mol. The first-order chi connectivity index (χ1) is 8.47. The Morgan fingerprint density at radius 1 is 1.50 bits per heavy atom. The number of thiocarbonyl (C=S) groups is 1. The third kappa shape index (κ3) is 3.68. The molecule has 1 aromatic rings. The molecule has 0 aromatic heterocycles. The highest BCUT2D eigenvalue weighted by atomic mass is 35.5. The van der Waals surface area contributed by atoms with E-state index < -0.39 is 5.92 Å². The summed E-state index contributed by atoms with van der Waals surface area (Å²) in [5.74, 6) is -0.461. The second-order valence-electron chi connectivity index (χ2n) is 4.15. The summed E-state index contributed by atoms with van der Waals surface area (Å²) in [6.45, 7) is 2.35. The molecule has 1 rings (SSSR count). The number of nitrogens with two attached hydrogens (primary N) is 1. The summed E-state index contributed by atoms with van der Waals surface area (Å²) < 4.78 is 0. The monoisotopic (exact) mass is 284 g/mol. The van der Waals surface area contributed by atoms with E-state index in [1.54, 1.807) is 18.0 Å². The Bertz CT molecular complexity index is 450. The summed E-state index contributed by atoms with van der Waals surface area (Å²) in [7, 11) is 1.73. The molecule has 1 unspecified atom stereocenters. The molecule has 0 aliphatic carbocycles. The smallest absolute Gasteiger partial charge is 0.232 e. The summed E-state index contributed by atoms with van der Waals surface area (Å²) in [4.78, 5) is 14.0. The van der Waals surface area contributed by atoms with Gasteiger partial charge in [-0.1, -0.05) is 48.9 Å². The van der Waals surface area contributed by atoms with Gasteiger partial charge in [-0.3, -0.25) is 4.79 Å². The highest BCUT2D eigenvalue weighted by Gasteiger charge is 2.23. The van der Waals surface area contributed by atoms with Crippen LogP contribution in [0.25, 0.3) is 0 Å². The molecule has 98 valence electrons. The molecule has 0 aliphatic heterocycles. The van der Waals surface area contributed by atoms with Gasteiger partial charge in [-0.15, -0.1) is 0 Å². The standard InChI is InChI=1S/C13H17ClN2OS/c1-3-10(12(15)18)13(17)16(2)8-9-6-4-5-7-11(9)14/h4-7,10H,3,8H2,1-2H3,(H2,15,18). The SMILES string of the molecule is CCC(C(=O)N(C)Cc1ccccc1Cl)C(N)=S. The predicted octanol–water partition coefficient (Wildman–Crippen LogP) is 2.61. The zero-order valence-electron chi connectivity index (χ0n) is 10.5. The van der Waals surface area contributed by atoms with Crippen LogP contribution in [0.15, 0.2) is 24.3 Å². The topological polar surface area (TPSA) is 46.3 Å². The van der Waals surface area contributed by atoms with Crippen molar-refractivity contribution in [3.8, 4) is 0 Å². The lowest BCUT2D eigenvalue weighted by atomic mass is 10.0. The molecule has 1 atom stereocenters. The van der Waals surface area contributed by atoms with Crippen molar-refractivity contribution in [1.82, 2.24) is 4.90 Å². The van der Waals surface area contributed by atoms with Crippen LogP contribution in [0.5, 0.6) is 0 Å². The van der Waals surface area contributed by atoms with Gasteiger partial charge in [-0.25, -0.2) is 0 Å². The van der Waals surface area contributed by atoms with E-state index >= 15 is 0 Å². The summed E-state index contributed by atoms with van der Waals surface area (Å²) in [6, 6.07) is 7.45. The molecular weight excluding hydrogens is 268 g/mol. The van der Waals surface area contributed by atoms with Crippen molar-refractivity contribution in [3.63, 3.8) is 0 Å². The van der Waals surface area contributed by atoms with Crippen molar-refractivity contribution in [2.75, 3.05) is 7.05 Å². The van der Waals surface area contributed by atoms with Crippen molar-refractivity contribution in [3.05, 3.63) is 34.9 Å². The van der Waals surface area contributed by atoms with Crippen LogP contribution in [0.4, 0.5) is 0 Å². The Balaban J connectivity index is 2.77. The minimum atomic E-state index is -0.396. The van der Waals surface area contributed by atoms with Crippen LogP contribution in [0, 0.1) is 5.92 Å². The van der Waals surface area contributed by atoms with Crippen LogP contribution in [0.3, 0.4) is 0 Å². The largest absolute Gasteiger partial charge is 0.393 e. The summed E-state index contributed by atoms with van der Waals surface area (Å²) in [5.41, 5.74) is 6.48. The molecule has 3 nitrogen and oxygen atoms in total. The van der Waals surface area contributed by atoms with E-state index in [0.29, 0.717) is 18.0 Å². The van der Waals surface area contributed by atoms with Gasteiger partial charge in [0.05, 0.1) is 10.9 Å². The Hall–Kier alpha value is -1.13. The molecule has 0 saturated heterocycles. The van der Waals surface area contributed by atoms with Crippen LogP contribution < -0.4 is 5.73 Å². The first kappa shape index (κ1) is 14.9. The van der Waals surface area contributed by atoms with Gasteiger partial charge >= 0.3 is 0 Å². The van der Waals surface area contributed by atoms with E-state index in [2.05, 4.69) is 0 Å². The summed E-state index contributed by atoms with van der Waals surface area (Å²) in [5, 5.41) is 0.653. The number of nitrogens with zero attached hydrogens (tertiary/aromatic N) is 1. The predicted molar refractivity (Wildman–Crippen MR) is 78.5 cm³/mol. The number of benzene rings is 1. The van der Waals surface area contributed by atoms with Gasteiger partial charge in [0, 0.05) is 18.6 Å². The minimum absolute atomic E-state index is 0.0649. The molecule has 18 heavy (non-hydrogen) atoms. The third-order valence-electron chi connectivity index (χ3n) is 2.79. The first-order valence-electron chi connectivity index (χ1n) is 5.75. The zero-order valence-corrected chi connectivity index (χ0v) is 12.1. The minimum Gasteiger partial charge on any atom is -0.393 e. The summed E-state index contributed by atoms with van der Waals surface area (Å²) >= 11 is 11.0. The van der Waals surface area contributed by atoms with Gasteiger partial charge in [0.1, 0.15) is 0 Å². The number of rotatable bonds is 5. The van der Waals surface area contributed by atoms with Crippen LogP contribution in [0.2, 0.25) is 5.02 Å². The fourth-order valence-electron chi connectivity index (χ4n) is 1.72. The van der Waals surface area contributed by atoms with E-state index in [1.165, 1.54) is 0 Å². The van der Waals surface area contributed by atoms with Crippen molar-refractivity contribution in [2.45, 2.75) is 19.9 Å². The van der Waals surface area contributed by atoms with Crippen molar-refractivity contribution >= 4 is 34.7 Å². The van der Waals surface area contributed by atoms with Gasteiger partial charge in [-0.2, -0.15) is 0 Å². The van der Waals surface area contributed by atoms with E-state index in [-0.39, 0.29) is 10.9 Å². The molecule has 5 heteroatoms. The van der Waals surface area contributed by atoms with E-state index in [1.807, 2.05) is 25.1 Å². The number of halogens is 1. The third-order valence-corrected chi connectivity index (χ3v) is 3.44. The van der Waals surface area contributed by atoms with Crippen LogP contribution in [-0.2, 0) is 11.3 Å². The molecule has 0 saturated carbocycles. The van der Waals surface area contributed by atoms with Crippen molar-refractivity contribution in [2.24, 2.45) is 11.7 Å². The summed E-state index contributed by atoms with van der Waals surface area (Å²) in [6.07, 6.45) is 0.612. The maximum Gasteiger partial charge on any atom is 0.232 e. The number of carbonyl (C=O) groups is 1. The molecule has 0 aliphatic rings. The lowest BCUT2D eigenvalue weighted by Gasteiger charge is -2.22. The number of carbonyl (C=O) groups excluding carboxylic acids is 1. The zero-order chi connectivity index (χ0) is 13.7. The van der Waals surface area contributed by atoms with Gasteiger partial charge in [0.2, 0.25) is 5.91 Å². The maximum atomic E-state index is 12.1. The van der Waals surface area contributed by atoms with Gasteiger partial charge in [-0.05, 0) is 18.1 Å². The van der Waals surface area contributed by atoms with Crippen LogP contribution in [-0.4, -0.2) is 22.8 Å². The molecule has 0 fully saturated rings. The number of amides is 1. The molecule has 2 N–H and O–H groups in total. The van der Waals surface area contributed by atoms with E-state index in [0.717, 1.165) is 5.56 Å². The first-order valence-corrected chi connectivity index (χ1v) is 6.53. The molecular formula is C13H17ClN2OS. The lowest BCUT2D eigenvalue weighted by Crippen LogP contribution is -2.38. The van der Waals surface area contributed by atoms with E-state index in [9.17, 15) is 4.79 Å². The highest BCUT2D eigenvalue weighted by Crippen LogP contribution is 2.18. The quantitative estimate of drug-likeness (QED) is 0.846. The molecule has 0 bridgehead atoms. The fraction of sp³-hybridized carbons (Fsp3) is 0.385. The highest BCUT2D eigenvalue weighted by molar-refractivity contribution is 7.80. The number of hydrogen-bond acceptors (Lipinski definition) is 2. The number of hydrogen-bond donors (Lipinski definition) is 1. The maximum absolute atomic E-state index is 12.1. The van der Waals surface area contributed by atoms with Crippen molar-refractivity contribution in [1.29, 1.82) is 0 Å². The Kier molecular flexibility index (Phi) is 5.56. The van der Waals surface area contributed by atoms with Crippen LogP contribution >= 0.6 is 23.8 Å². The second-order valence-corrected chi connectivity index (χ2v) is 5.03. The van der Waals surface area contributed by atoms with Crippen molar-refractivity contribution < 1.29 is 4.79 Å². The van der Waals surface area contributed by atoms with Crippen LogP contribution in [0.1, 0.15) is 18.9 Å². The molecule has 1 amide bonds. The molecule has 0 spiro atoms. The van der Waals surface area contributed by atoms with Gasteiger partial charge in [0.25, 0.3) is 0 Å².